The molecule has 1 aliphatic rings. The maximum absolute atomic E-state index is 12.0. The van der Waals surface area contributed by atoms with Gasteiger partial charge in [-0.05, 0) is 23.8 Å². The summed E-state index contributed by atoms with van der Waals surface area (Å²) < 4.78 is 28.5. The van der Waals surface area contributed by atoms with Crippen LogP contribution >= 0.6 is 24.0 Å². The minimum atomic E-state index is -2.90. The minimum absolute atomic E-state index is 0.00516. The molecule has 0 atom stereocenters. The predicted octanol–water partition coefficient (Wildman–Crippen LogP) is 2.57. The first-order chi connectivity index (χ1) is 10.4. The summed E-state index contributed by atoms with van der Waals surface area (Å²) in [6.45, 7) is -3.40. The average Bonchev–Trinajstić information content (AvgIpc) is 2.68. The molecule has 116 valence electrons. The third kappa shape index (κ3) is 4.01. The lowest BCUT2D eigenvalue weighted by Gasteiger charge is -2.10. The summed E-state index contributed by atoms with van der Waals surface area (Å²) in [6.07, 6.45) is 1.51. The van der Waals surface area contributed by atoms with Crippen molar-refractivity contribution in [3.63, 3.8) is 0 Å². The second-order valence-corrected chi connectivity index (χ2v) is 5.78. The molecular weight excluding hydrogens is 336 g/mol. The smallest absolute Gasteiger partial charge is 0.387 e. The van der Waals surface area contributed by atoms with Crippen LogP contribution in [0.15, 0.2) is 29.2 Å². The molecule has 5 nitrogen and oxygen atoms in total. The van der Waals surface area contributed by atoms with E-state index in [-0.39, 0.29) is 15.0 Å². The van der Waals surface area contributed by atoms with Gasteiger partial charge in [-0.15, -0.1) is 0 Å². The molecule has 1 saturated heterocycles. The highest BCUT2D eigenvalue weighted by Crippen LogP contribution is 2.32. The quantitative estimate of drug-likeness (QED) is 0.654. The van der Waals surface area contributed by atoms with Gasteiger partial charge in [-0.25, -0.2) is 0 Å². The van der Waals surface area contributed by atoms with Crippen molar-refractivity contribution in [1.82, 2.24) is 4.90 Å². The Kier molecular flexibility index (Phi) is 5.09. The number of carbonyl (C=O) groups excluding carboxylic acids is 1. The molecule has 0 spiro atoms. The highest BCUT2D eigenvalue weighted by atomic mass is 32.2. The Balaban J connectivity index is 2.14. The Labute approximate surface area is 133 Å². The first kappa shape index (κ1) is 16.4. The van der Waals surface area contributed by atoms with Crippen LogP contribution in [0.25, 0.3) is 6.08 Å². The molecule has 1 aromatic rings. The molecule has 1 aliphatic heterocycles. The lowest BCUT2D eigenvalue weighted by molar-refractivity contribution is -0.140. The van der Waals surface area contributed by atoms with Crippen LogP contribution in [0, 0.1) is 0 Å². The number of thioether (sulfide) groups is 1. The topological polar surface area (TPSA) is 66.8 Å². The number of ether oxygens (including phenoxy) is 1. The van der Waals surface area contributed by atoms with Gasteiger partial charge in [0.2, 0.25) is 0 Å². The minimum Gasteiger partial charge on any atom is -0.480 e. The molecule has 0 unspecified atom stereocenters. The summed E-state index contributed by atoms with van der Waals surface area (Å²) in [6, 6.07) is 5.69. The van der Waals surface area contributed by atoms with E-state index in [2.05, 4.69) is 4.74 Å². The number of thiocarbonyl (C=S) groups is 1. The Morgan fingerprint density at radius 3 is 2.59 bits per heavy atom. The van der Waals surface area contributed by atoms with E-state index in [0.29, 0.717) is 5.56 Å². The lowest BCUT2D eigenvalue weighted by Crippen LogP contribution is -2.33. The number of carboxylic acid groups (broad SMARTS) is 1. The summed E-state index contributed by atoms with van der Waals surface area (Å²) in [5.74, 6) is -1.65. The normalized spacial score (nSPS) is 16.7. The van der Waals surface area contributed by atoms with Crippen LogP contribution < -0.4 is 4.74 Å². The van der Waals surface area contributed by atoms with Gasteiger partial charge in [0.05, 0.1) is 4.91 Å². The predicted molar refractivity (Wildman–Crippen MR) is 80.6 cm³/mol. The highest BCUT2D eigenvalue weighted by molar-refractivity contribution is 8.26. The van der Waals surface area contributed by atoms with E-state index in [1.165, 1.54) is 30.3 Å². The molecule has 22 heavy (non-hydrogen) atoms. The Hall–Kier alpha value is -2.00. The van der Waals surface area contributed by atoms with E-state index in [1.54, 1.807) is 0 Å². The SMILES string of the molecule is O=C(O)CN1C(=O)/C(=C\c2ccc(OC(F)F)cc2)SC1=S. The fraction of sp³-hybridized carbons (Fsp3) is 0.154. The molecule has 0 radical (unpaired) electrons. The summed E-state index contributed by atoms with van der Waals surface area (Å²) in [5.41, 5.74) is 0.581. The van der Waals surface area contributed by atoms with Gasteiger partial charge in [0.1, 0.15) is 16.6 Å². The maximum Gasteiger partial charge on any atom is 0.387 e. The Morgan fingerprint density at radius 1 is 1.41 bits per heavy atom. The molecule has 0 aromatic heterocycles. The van der Waals surface area contributed by atoms with Gasteiger partial charge in [-0.3, -0.25) is 14.5 Å². The number of rotatable bonds is 5. The van der Waals surface area contributed by atoms with E-state index in [0.717, 1.165) is 16.7 Å². The van der Waals surface area contributed by atoms with Crippen molar-refractivity contribution in [1.29, 1.82) is 0 Å². The van der Waals surface area contributed by atoms with E-state index >= 15 is 0 Å². The van der Waals surface area contributed by atoms with Gasteiger partial charge in [0.15, 0.2) is 0 Å². The van der Waals surface area contributed by atoms with Gasteiger partial charge in [0.25, 0.3) is 5.91 Å². The van der Waals surface area contributed by atoms with Crippen LogP contribution in [0.4, 0.5) is 8.78 Å². The van der Waals surface area contributed by atoms with Crippen LogP contribution in [0.5, 0.6) is 5.75 Å². The van der Waals surface area contributed by atoms with E-state index in [1.807, 2.05) is 0 Å². The number of nitrogens with zero attached hydrogens (tertiary/aromatic N) is 1. The molecule has 1 N–H and O–H groups in total. The monoisotopic (exact) mass is 345 g/mol. The molecular formula is C13H9F2NO4S2. The molecule has 1 aromatic carbocycles. The number of carboxylic acids is 1. The van der Waals surface area contributed by atoms with Crippen LogP contribution in [0.2, 0.25) is 0 Å². The Bertz CT molecular complexity index is 646. The fourth-order valence-electron chi connectivity index (χ4n) is 1.67. The van der Waals surface area contributed by atoms with Gasteiger partial charge < -0.3 is 9.84 Å². The molecule has 9 heteroatoms. The summed E-state index contributed by atoms with van der Waals surface area (Å²) in [7, 11) is 0. The van der Waals surface area contributed by atoms with Gasteiger partial charge in [-0.2, -0.15) is 8.78 Å². The third-order valence-corrected chi connectivity index (χ3v) is 3.95. The number of amides is 1. The van der Waals surface area contributed by atoms with Crippen molar-refractivity contribution < 1.29 is 28.2 Å². The molecule has 2 rings (SSSR count). The standard InChI is InChI=1S/C13H9F2NO4S2/c14-12(15)20-8-3-1-7(2-4-8)5-9-11(19)16(6-10(17)18)13(21)22-9/h1-5,12H,6H2,(H,17,18)/b9-5+. The zero-order chi connectivity index (χ0) is 16.3. The van der Waals surface area contributed by atoms with E-state index in [4.69, 9.17) is 17.3 Å². The highest BCUT2D eigenvalue weighted by Gasteiger charge is 2.33. The van der Waals surface area contributed by atoms with Crippen LogP contribution in [-0.2, 0) is 9.59 Å². The third-order valence-electron chi connectivity index (χ3n) is 2.57. The van der Waals surface area contributed by atoms with Crippen molar-refractivity contribution in [2.45, 2.75) is 6.61 Å². The number of alkyl halides is 2. The van der Waals surface area contributed by atoms with Crippen molar-refractivity contribution in [2.75, 3.05) is 6.54 Å². The summed E-state index contributed by atoms with van der Waals surface area (Å²) in [4.78, 5) is 24.0. The fourth-order valence-corrected chi connectivity index (χ4v) is 2.92. The average molecular weight is 345 g/mol. The zero-order valence-corrected chi connectivity index (χ0v) is 12.5. The molecule has 1 fully saturated rings. The first-order valence-corrected chi connectivity index (χ1v) is 7.11. The van der Waals surface area contributed by atoms with Crippen molar-refractivity contribution in [2.24, 2.45) is 0 Å². The first-order valence-electron chi connectivity index (χ1n) is 5.89. The Morgan fingerprint density at radius 2 is 2.05 bits per heavy atom. The second-order valence-electron chi connectivity index (χ2n) is 4.11. The largest absolute Gasteiger partial charge is 0.480 e. The molecule has 0 aliphatic carbocycles. The zero-order valence-electron chi connectivity index (χ0n) is 10.9. The number of halogens is 2. The number of benzene rings is 1. The van der Waals surface area contributed by atoms with Gasteiger partial charge >= 0.3 is 12.6 Å². The second kappa shape index (κ2) is 6.84. The summed E-state index contributed by atoms with van der Waals surface area (Å²) >= 11 is 5.95. The van der Waals surface area contributed by atoms with E-state index in [9.17, 15) is 18.4 Å². The van der Waals surface area contributed by atoms with Crippen molar-refractivity contribution in [3.8, 4) is 5.75 Å². The van der Waals surface area contributed by atoms with E-state index < -0.39 is 25.0 Å². The number of carbonyl (C=O) groups is 2. The summed E-state index contributed by atoms with van der Waals surface area (Å²) in [5, 5.41) is 8.73. The van der Waals surface area contributed by atoms with Gasteiger partial charge in [-0.1, -0.05) is 36.1 Å². The van der Waals surface area contributed by atoms with Crippen molar-refractivity contribution >= 4 is 46.3 Å². The number of aliphatic carboxylic acids is 1. The van der Waals surface area contributed by atoms with Crippen LogP contribution in [-0.4, -0.2) is 39.4 Å². The maximum atomic E-state index is 12.0. The van der Waals surface area contributed by atoms with Crippen LogP contribution in [0.3, 0.4) is 0 Å². The molecule has 1 amide bonds. The van der Waals surface area contributed by atoms with Crippen molar-refractivity contribution in [3.05, 3.63) is 34.7 Å². The number of hydrogen-bond acceptors (Lipinski definition) is 5. The molecule has 1 heterocycles. The van der Waals surface area contributed by atoms with Crippen LogP contribution in [0.1, 0.15) is 5.56 Å². The molecule has 0 bridgehead atoms. The number of hydrogen-bond donors (Lipinski definition) is 1. The lowest BCUT2D eigenvalue weighted by atomic mass is 10.2. The molecule has 0 saturated carbocycles. The van der Waals surface area contributed by atoms with Gasteiger partial charge in [0, 0.05) is 0 Å².